The van der Waals surface area contributed by atoms with Gasteiger partial charge >= 0.3 is 0 Å². The van der Waals surface area contributed by atoms with E-state index in [4.69, 9.17) is 0 Å². The summed E-state index contributed by atoms with van der Waals surface area (Å²) >= 11 is 0. The molecule has 0 unspecified atom stereocenters. The Hall–Kier alpha value is -2.66. The molecule has 1 fully saturated rings. The molecule has 0 saturated heterocycles. The number of nitrogens with one attached hydrogen (secondary N) is 1. The van der Waals surface area contributed by atoms with Crippen molar-refractivity contribution in [2.24, 2.45) is 0 Å². The van der Waals surface area contributed by atoms with Crippen molar-refractivity contribution in [1.82, 2.24) is 4.90 Å². The quantitative estimate of drug-likeness (QED) is 0.790. The van der Waals surface area contributed by atoms with E-state index >= 15 is 0 Å². The minimum absolute atomic E-state index is 0.0435. The first-order valence-corrected chi connectivity index (χ1v) is 11.0. The van der Waals surface area contributed by atoms with Crippen LogP contribution < -0.4 is 10.2 Å². The summed E-state index contributed by atoms with van der Waals surface area (Å²) < 4.78 is 0. The van der Waals surface area contributed by atoms with Gasteiger partial charge < -0.3 is 10.2 Å². The molecule has 0 radical (unpaired) electrons. The van der Waals surface area contributed by atoms with Gasteiger partial charge in [0, 0.05) is 43.0 Å². The van der Waals surface area contributed by atoms with Crippen LogP contribution in [0.5, 0.6) is 0 Å². The van der Waals surface area contributed by atoms with E-state index in [9.17, 15) is 9.59 Å². The Labute approximate surface area is 179 Å². The van der Waals surface area contributed by atoms with Crippen LogP contribution in [0.4, 0.5) is 11.4 Å². The molecular formula is C25H31N3O2. The number of fused-ring (bicyclic) bond motifs is 1. The van der Waals surface area contributed by atoms with Gasteiger partial charge in [-0.25, -0.2) is 0 Å². The van der Waals surface area contributed by atoms with Gasteiger partial charge in [0.05, 0.1) is 0 Å². The van der Waals surface area contributed by atoms with Gasteiger partial charge in [0.15, 0.2) is 0 Å². The number of nitrogens with zero attached hydrogens (tertiary/aromatic N) is 2. The highest BCUT2D eigenvalue weighted by molar-refractivity contribution is 6.05. The average molecular weight is 406 g/mol. The Morgan fingerprint density at radius 2 is 1.87 bits per heavy atom. The number of carbonyl (C=O) groups excluding carboxylic acids is 2. The van der Waals surface area contributed by atoms with Crippen LogP contribution in [-0.2, 0) is 17.8 Å². The van der Waals surface area contributed by atoms with Crippen LogP contribution in [0.15, 0.2) is 42.5 Å². The van der Waals surface area contributed by atoms with Gasteiger partial charge in [-0.15, -0.1) is 0 Å². The molecule has 1 N–H and O–H groups in total. The lowest BCUT2D eigenvalue weighted by molar-refractivity contribution is -0.116. The second kappa shape index (κ2) is 9.00. The molecule has 2 amide bonds. The van der Waals surface area contributed by atoms with Gasteiger partial charge in [-0.1, -0.05) is 37.5 Å². The molecule has 5 heteroatoms. The van der Waals surface area contributed by atoms with Crippen molar-refractivity contribution in [1.29, 1.82) is 0 Å². The Morgan fingerprint density at radius 1 is 1.10 bits per heavy atom. The molecule has 158 valence electrons. The molecule has 2 aromatic carbocycles. The fraction of sp³-hybridized carbons (Fsp3) is 0.440. The Bertz CT molecular complexity index is 934. The summed E-state index contributed by atoms with van der Waals surface area (Å²) in [5, 5.41) is 3.11. The summed E-state index contributed by atoms with van der Waals surface area (Å²) in [7, 11) is 2.19. The number of hydrogen-bond donors (Lipinski definition) is 1. The maximum absolute atomic E-state index is 13.0. The maximum Gasteiger partial charge on any atom is 0.255 e. The molecule has 0 spiro atoms. The number of anilines is 2. The Kier molecular flexibility index (Phi) is 6.18. The van der Waals surface area contributed by atoms with Gasteiger partial charge in [0.2, 0.25) is 5.91 Å². The van der Waals surface area contributed by atoms with Crippen LogP contribution in [-0.4, -0.2) is 36.3 Å². The second-order valence-corrected chi connectivity index (χ2v) is 8.58. The number of benzene rings is 2. The molecule has 1 saturated carbocycles. The predicted octanol–water partition coefficient (Wildman–Crippen LogP) is 4.61. The highest BCUT2D eigenvalue weighted by Gasteiger charge is 2.23. The zero-order chi connectivity index (χ0) is 21.1. The number of para-hydroxylation sites is 1. The lowest BCUT2D eigenvalue weighted by Crippen LogP contribution is -2.33. The molecule has 30 heavy (non-hydrogen) atoms. The predicted molar refractivity (Wildman–Crippen MR) is 121 cm³/mol. The largest absolute Gasteiger partial charge is 0.322 e. The third-order valence-corrected chi connectivity index (χ3v) is 6.50. The highest BCUT2D eigenvalue weighted by atomic mass is 16.2. The second-order valence-electron chi connectivity index (χ2n) is 8.58. The van der Waals surface area contributed by atoms with Gasteiger partial charge in [-0.3, -0.25) is 14.5 Å². The highest BCUT2D eigenvalue weighted by Crippen LogP contribution is 2.30. The number of carbonyl (C=O) groups is 2. The van der Waals surface area contributed by atoms with Gasteiger partial charge in [0.25, 0.3) is 5.91 Å². The molecule has 4 rings (SSSR count). The van der Waals surface area contributed by atoms with Crippen molar-refractivity contribution < 1.29 is 9.59 Å². The Balaban J connectivity index is 1.47. The zero-order valence-corrected chi connectivity index (χ0v) is 18.0. The van der Waals surface area contributed by atoms with Crippen molar-refractivity contribution in [2.45, 2.75) is 58.0 Å². The summed E-state index contributed by atoms with van der Waals surface area (Å²) in [4.78, 5) is 28.9. The van der Waals surface area contributed by atoms with E-state index in [0.717, 1.165) is 35.5 Å². The van der Waals surface area contributed by atoms with E-state index in [1.165, 1.54) is 32.1 Å². The first kappa shape index (κ1) is 20.6. The summed E-state index contributed by atoms with van der Waals surface area (Å²) in [6.45, 7) is 3.10. The normalized spacial score (nSPS) is 16.6. The van der Waals surface area contributed by atoms with E-state index in [2.05, 4.69) is 23.3 Å². The molecular weight excluding hydrogens is 374 g/mol. The van der Waals surface area contributed by atoms with Crippen LogP contribution in [0.3, 0.4) is 0 Å². The Morgan fingerprint density at radius 3 is 2.63 bits per heavy atom. The molecule has 2 aromatic rings. The monoisotopic (exact) mass is 405 g/mol. The maximum atomic E-state index is 13.0. The number of amides is 2. The fourth-order valence-electron chi connectivity index (χ4n) is 4.76. The minimum atomic E-state index is -0.105. The van der Waals surface area contributed by atoms with Crippen LogP contribution in [0.2, 0.25) is 0 Å². The van der Waals surface area contributed by atoms with E-state index in [0.29, 0.717) is 18.2 Å². The summed E-state index contributed by atoms with van der Waals surface area (Å²) in [6.07, 6.45) is 7.29. The van der Waals surface area contributed by atoms with Crippen molar-refractivity contribution in [3.05, 3.63) is 59.2 Å². The summed E-state index contributed by atoms with van der Waals surface area (Å²) in [6, 6.07) is 14.3. The zero-order valence-electron chi connectivity index (χ0n) is 18.0. The average Bonchev–Trinajstić information content (AvgIpc) is 3.19. The van der Waals surface area contributed by atoms with E-state index in [1.807, 2.05) is 36.4 Å². The third-order valence-electron chi connectivity index (χ3n) is 6.50. The fourth-order valence-corrected chi connectivity index (χ4v) is 4.76. The van der Waals surface area contributed by atoms with E-state index < -0.39 is 0 Å². The molecule has 5 nitrogen and oxygen atoms in total. The number of hydrogen-bond acceptors (Lipinski definition) is 3. The van der Waals surface area contributed by atoms with Crippen molar-refractivity contribution in [3.8, 4) is 0 Å². The SMILES string of the molecule is CC(=O)N1CCc2cc(C(=O)Nc3ccccc3CN(C)C3CCCCC3)ccc21. The molecule has 0 bridgehead atoms. The molecule has 1 heterocycles. The standard InChI is InChI=1S/C25H31N3O2/c1-18(29)28-15-14-19-16-20(12-13-24(19)28)25(30)26-23-11-7-6-8-21(23)17-27(2)22-9-4-3-5-10-22/h6-8,11-13,16,22H,3-5,9-10,14-15,17H2,1-2H3,(H,26,30). The van der Waals surface area contributed by atoms with Gasteiger partial charge in [-0.2, -0.15) is 0 Å². The minimum Gasteiger partial charge on any atom is -0.322 e. The lowest BCUT2D eigenvalue weighted by Gasteiger charge is -2.31. The van der Waals surface area contributed by atoms with E-state index in [1.54, 1.807) is 11.8 Å². The first-order chi connectivity index (χ1) is 14.5. The topological polar surface area (TPSA) is 52.7 Å². The number of rotatable bonds is 5. The van der Waals surface area contributed by atoms with E-state index in [-0.39, 0.29) is 11.8 Å². The third kappa shape index (κ3) is 4.41. The van der Waals surface area contributed by atoms with Crippen LogP contribution in [0.1, 0.15) is 60.5 Å². The van der Waals surface area contributed by atoms with Crippen LogP contribution in [0.25, 0.3) is 0 Å². The molecule has 2 aliphatic rings. The molecule has 0 atom stereocenters. The molecule has 1 aliphatic carbocycles. The van der Waals surface area contributed by atoms with Crippen LogP contribution in [0, 0.1) is 0 Å². The smallest absolute Gasteiger partial charge is 0.255 e. The van der Waals surface area contributed by atoms with Gasteiger partial charge in [-0.05, 0) is 61.7 Å². The summed E-state index contributed by atoms with van der Waals surface area (Å²) in [5.74, 6) is -0.0613. The summed E-state index contributed by atoms with van der Waals surface area (Å²) in [5.41, 5.74) is 4.63. The molecule has 0 aromatic heterocycles. The van der Waals surface area contributed by atoms with Crippen molar-refractivity contribution >= 4 is 23.2 Å². The lowest BCUT2D eigenvalue weighted by atomic mass is 9.94. The van der Waals surface area contributed by atoms with Gasteiger partial charge in [0.1, 0.15) is 0 Å². The van der Waals surface area contributed by atoms with Crippen molar-refractivity contribution in [2.75, 3.05) is 23.8 Å². The first-order valence-electron chi connectivity index (χ1n) is 11.0. The van der Waals surface area contributed by atoms with Crippen LogP contribution >= 0.6 is 0 Å². The van der Waals surface area contributed by atoms with Crippen molar-refractivity contribution in [3.63, 3.8) is 0 Å². The molecule has 1 aliphatic heterocycles.